The Bertz CT molecular complexity index is 362. The molecule has 1 heterocycles. The van der Waals surface area contributed by atoms with Crippen LogP contribution in [0.1, 0.15) is 45.6 Å². The molecule has 0 amide bonds. The highest BCUT2D eigenvalue weighted by atomic mass is 15.1. The number of para-hydroxylation sites is 1. The summed E-state index contributed by atoms with van der Waals surface area (Å²) in [5, 5.41) is 0. The first kappa shape index (κ1) is 12.5. The fourth-order valence-electron chi connectivity index (χ4n) is 2.64. The molecule has 1 aliphatic rings. The lowest BCUT2D eigenvalue weighted by Gasteiger charge is -2.32. The summed E-state index contributed by atoms with van der Waals surface area (Å²) in [7, 11) is 0. The Kier molecular flexibility index (Phi) is 3.76. The topological polar surface area (TPSA) is 3.24 Å². The summed E-state index contributed by atoms with van der Waals surface area (Å²) < 4.78 is 0. The molecule has 2 rings (SSSR count). The first-order valence-electron chi connectivity index (χ1n) is 6.89. The van der Waals surface area contributed by atoms with Gasteiger partial charge in [0.2, 0.25) is 0 Å². The van der Waals surface area contributed by atoms with E-state index in [0.29, 0.717) is 5.41 Å². The van der Waals surface area contributed by atoms with Gasteiger partial charge in [-0.2, -0.15) is 0 Å². The maximum atomic E-state index is 2.57. The van der Waals surface area contributed by atoms with Crippen molar-refractivity contribution >= 4 is 5.69 Å². The molecule has 0 saturated heterocycles. The van der Waals surface area contributed by atoms with Gasteiger partial charge in [-0.25, -0.2) is 0 Å². The Morgan fingerprint density at radius 2 is 1.94 bits per heavy atom. The summed E-state index contributed by atoms with van der Waals surface area (Å²) in [5.41, 5.74) is 3.48. The predicted molar refractivity (Wildman–Crippen MR) is 75.7 cm³/mol. The van der Waals surface area contributed by atoms with Crippen molar-refractivity contribution in [2.45, 2.75) is 46.5 Å². The van der Waals surface area contributed by atoms with E-state index in [2.05, 4.69) is 49.9 Å². The SMILES string of the molecule is CC(C)(C)CCCN1CCCc2ccccc21. The van der Waals surface area contributed by atoms with Crippen LogP contribution in [0, 0.1) is 5.41 Å². The summed E-state index contributed by atoms with van der Waals surface area (Å²) in [6, 6.07) is 8.90. The van der Waals surface area contributed by atoms with Crippen molar-refractivity contribution in [3.05, 3.63) is 29.8 Å². The van der Waals surface area contributed by atoms with Crippen LogP contribution < -0.4 is 4.90 Å². The molecular formula is C16H25N. The maximum Gasteiger partial charge on any atom is 0.0398 e. The Balaban J connectivity index is 1.95. The van der Waals surface area contributed by atoms with Gasteiger partial charge >= 0.3 is 0 Å². The molecule has 0 aliphatic carbocycles. The lowest BCUT2D eigenvalue weighted by molar-refractivity contribution is 0.365. The van der Waals surface area contributed by atoms with Crippen molar-refractivity contribution in [3.63, 3.8) is 0 Å². The number of anilines is 1. The van der Waals surface area contributed by atoms with E-state index in [9.17, 15) is 0 Å². The summed E-state index contributed by atoms with van der Waals surface area (Å²) >= 11 is 0. The van der Waals surface area contributed by atoms with Gasteiger partial charge in [0.05, 0.1) is 0 Å². The molecule has 0 radical (unpaired) electrons. The highest BCUT2D eigenvalue weighted by Crippen LogP contribution is 2.28. The second-order valence-electron chi connectivity index (χ2n) is 6.38. The van der Waals surface area contributed by atoms with Gasteiger partial charge in [-0.05, 0) is 42.7 Å². The third-order valence-electron chi connectivity index (χ3n) is 3.56. The molecule has 0 fully saturated rings. The van der Waals surface area contributed by atoms with Crippen LogP contribution >= 0.6 is 0 Å². The van der Waals surface area contributed by atoms with E-state index in [1.165, 1.54) is 50.0 Å². The molecule has 1 aromatic carbocycles. The molecule has 1 heteroatoms. The van der Waals surface area contributed by atoms with Crippen LogP contribution in [0.3, 0.4) is 0 Å². The Morgan fingerprint density at radius 3 is 2.71 bits per heavy atom. The van der Waals surface area contributed by atoms with E-state index < -0.39 is 0 Å². The van der Waals surface area contributed by atoms with Gasteiger partial charge in [0.1, 0.15) is 0 Å². The zero-order chi connectivity index (χ0) is 12.3. The lowest BCUT2D eigenvalue weighted by Crippen LogP contribution is -2.30. The fourth-order valence-corrected chi connectivity index (χ4v) is 2.64. The largest absolute Gasteiger partial charge is 0.371 e. The Morgan fingerprint density at radius 1 is 1.18 bits per heavy atom. The van der Waals surface area contributed by atoms with Gasteiger partial charge in [0, 0.05) is 18.8 Å². The zero-order valence-corrected chi connectivity index (χ0v) is 11.5. The molecule has 0 saturated carbocycles. The predicted octanol–water partition coefficient (Wildman–Crippen LogP) is 4.27. The van der Waals surface area contributed by atoms with Crippen LogP contribution in [-0.4, -0.2) is 13.1 Å². The van der Waals surface area contributed by atoms with Crippen molar-refractivity contribution in [1.82, 2.24) is 0 Å². The molecule has 94 valence electrons. The molecule has 0 aromatic heterocycles. The summed E-state index contributed by atoms with van der Waals surface area (Å²) in [6.45, 7) is 9.45. The minimum absolute atomic E-state index is 0.468. The number of nitrogens with zero attached hydrogens (tertiary/aromatic N) is 1. The quantitative estimate of drug-likeness (QED) is 0.751. The zero-order valence-electron chi connectivity index (χ0n) is 11.5. The van der Waals surface area contributed by atoms with E-state index >= 15 is 0 Å². The standard InChI is InChI=1S/C16H25N/c1-16(2,3)11-7-13-17-12-6-9-14-8-4-5-10-15(14)17/h4-5,8,10H,6-7,9,11-13H2,1-3H3. The Labute approximate surface area is 106 Å². The van der Waals surface area contributed by atoms with E-state index in [-0.39, 0.29) is 0 Å². The number of benzene rings is 1. The monoisotopic (exact) mass is 231 g/mol. The number of fused-ring (bicyclic) bond motifs is 1. The highest BCUT2D eigenvalue weighted by Gasteiger charge is 2.16. The van der Waals surface area contributed by atoms with Gasteiger partial charge < -0.3 is 4.90 Å². The molecule has 0 bridgehead atoms. The molecule has 0 unspecified atom stereocenters. The van der Waals surface area contributed by atoms with E-state index in [0.717, 1.165) is 0 Å². The van der Waals surface area contributed by atoms with Crippen LogP contribution in [-0.2, 0) is 6.42 Å². The minimum atomic E-state index is 0.468. The van der Waals surface area contributed by atoms with Gasteiger partial charge in [0.15, 0.2) is 0 Å². The van der Waals surface area contributed by atoms with Crippen molar-refractivity contribution in [2.75, 3.05) is 18.0 Å². The van der Waals surface area contributed by atoms with Gasteiger partial charge in [0.25, 0.3) is 0 Å². The first-order chi connectivity index (χ1) is 8.06. The smallest absolute Gasteiger partial charge is 0.0398 e. The van der Waals surface area contributed by atoms with Gasteiger partial charge in [-0.1, -0.05) is 39.0 Å². The molecule has 17 heavy (non-hydrogen) atoms. The molecule has 0 spiro atoms. The first-order valence-corrected chi connectivity index (χ1v) is 6.89. The van der Waals surface area contributed by atoms with Crippen LogP contribution in [0.25, 0.3) is 0 Å². The summed E-state index contributed by atoms with van der Waals surface area (Å²) in [5.74, 6) is 0. The third-order valence-corrected chi connectivity index (χ3v) is 3.56. The van der Waals surface area contributed by atoms with E-state index in [1.807, 2.05) is 0 Å². The molecule has 1 aliphatic heterocycles. The molecule has 1 nitrogen and oxygen atoms in total. The average molecular weight is 231 g/mol. The van der Waals surface area contributed by atoms with Gasteiger partial charge in [-0.15, -0.1) is 0 Å². The van der Waals surface area contributed by atoms with E-state index in [1.54, 1.807) is 0 Å². The summed E-state index contributed by atoms with van der Waals surface area (Å²) in [4.78, 5) is 2.57. The van der Waals surface area contributed by atoms with E-state index in [4.69, 9.17) is 0 Å². The average Bonchev–Trinajstić information content (AvgIpc) is 2.28. The van der Waals surface area contributed by atoms with Crippen LogP contribution in [0.2, 0.25) is 0 Å². The van der Waals surface area contributed by atoms with Crippen molar-refractivity contribution in [3.8, 4) is 0 Å². The number of rotatable bonds is 3. The number of aryl methyl sites for hydroxylation is 1. The van der Waals surface area contributed by atoms with Gasteiger partial charge in [-0.3, -0.25) is 0 Å². The Hall–Kier alpha value is -0.980. The van der Waals surface area contributed by atoms with Crippen LogP contribution in [0.5, 0.6) is 0 Å². The highest BCUT2D eigenvalue weighted by molar-refractivity contribution is 5.55. The number of hydrogen-bond donors (Lipinski definition) is 0. The van der Waals surface area contributed by atoms with Crippen molar-refractivity contribution in [2.24, 2.45) is 5.41 Å². The second kappa shape index (κ2) is 5.12. The van der Waals surface area contributed by atoms with Crippen molar-refractivity contribution in [1.29, 1.82) is 0 Å². The maximum absolute atomic E-state index is 2.57. The second-order valence-corrected chi connectivity index (χ2v) is 6.38. The molecular weight excluding hydrogens is 206 g/mol. The normalized spacial score (nSPS) is 15.8. The lowest BCUT2D eigenvalue weighted by atomic mass is 9.90. The van der Waals surface area contributed by atoms with Crippen molar-refractivity contribution < 1.29 is 0 Å². The fraction of sp³-hybridized carbons (Fsp3) is 0.625. The third kappa shape index (κ3) is 3.49. The van der Waals surface area contributed by atoms with Crippen LogP contribution in [0.15, 0.2) is 24.3 Å². The van der Waals surface area contributed by atoms with Crippen LogP contribution in [0.4, 0.5) is 5.69 Å². The molecule has 1 aromatic rings. The number of hydrogen-bond acceptors (Lipinski definition) is 1. The molecule has 0 N–H and O–H groups in total. The summed E-state index contributed by atoms with van der Waals surface area (Å²) in [6.07, 6.45) is 5.18. The minimum Gasteiger partial charge on any atom is -0.371 e. The molecule has 0 atom stereocenters.